The van der Waals surface area contributed by atoms with E-state index in [4.69, 9.17) is 0 Å². The van der Waals surface area contributed by atoms with Gasteiger partial charge in [-0.05, 0) is 30.5 Å². The maximum absolute atomic E-state index is 4.26. The van der Waals surface area contributed by atoms with Gasteiger partial charge in [-0.15, -0.1) is 0 Å². The van der Waals surface area contributed by atoms with E-state index in [1.807, 2.05) is 19.2 Å². The monoisotopic (exact) mass is 175 g/mol. The lowest BCUT2D eigenvalue weighted by atomic mass is 10.1. The van der Waals surface area contributed by atoms with Crippen LogP contribution in [0.3, 0.4) is 0 Å². The minimum absolute atomic E-state index is 0.962. The predicted octanol–water partition coefficient (Wildman–Crippen LogP) is 2.50. The van der Waals surface area contributed by atoms with Crippen molar-refractivity contribution in [1.29, 1.82) is 0 Å². The highest BCUT2D eigenvalue weighted by molar-refractivity contribution is 6.00. The Bertz CT molecular complexity index is 265. The molecule has 0 unspecified atom stereocenters. The van der Waals surface area contributed by atoms with Gasteiger partial charge in [-0.25, -0.2) is 0 Å². The van der Waals surface area contributed by atoms with Crippen molar-refractivity contribution in [2.45, 2.75) is 19.3 Å². The Kier molecular flexibility index (Phi) is 4.16. The fraction of sp³-hybridized carbons (Fsp3) is 0.364. The standard InChI is InChI=1S/C11H15N2/c1-3-4-5-11(12-2)10-6-8-13-9-7-10/h6-9H,1,3-5H2,2H3. The molecule has 1 aromatic rings. The first-order valence-corrected chi connectivity index (χ1v) is 4.53. The largest absolute Gasteiger partial charge is 0.292 e. The lowest BCUT2D eigenvalue weighted by Crippen LogP contribution is -2.00. The van der Waals surface area contributed by atoms with E-state index in [1.165, 1.54) is 5.56 Å². The first-order chi connectivity index (χ1) is 6.38. The molecular formula is C11H15N2. The van der Waals surface area contributed by atoms with E-state index in [0.29, 0.717) is 0 Å². The van der Waals surface area contributed by atoms with Crippen LogP contribution in [0.5, 0.6) is 0 Å². The zero-order chi connectivity index (χ0) is 9.52. The number of pyridine rings is 1. The Balaban J connectivity index is 2.69. The predicted molar refractivity (Wildman–Crippen MR) is 55.9 cm³/mol. The summed E-state index contributed by atoms with van der Waals surface area (Å²) in [5.74, 6) is 0. The molecule has 0 atom stereocenters. The second kappa shape index (κ2) is 5.46. The van der Waals surface area contributed by atoms with Crippen LogP contribution in [0.2, 0.25) is 0 Å². The molecule has 0 fully saturated rings. The SMILES string of the molecule is [CH2]CCCC(=NC)c1ccncc1. The van der Waals surface area contributed by atoms with Gasteiger partial charge in [0.05, 0.1) is 0 Å². The molecule has 0 saturated carbocycles. The van der Waals surface area contributed by atoms with Gasteiger partial charge in [0.2, 0.25) is 0 Å². The van der Waals surface area contributed by atoms with Gasteiger partial charge in [0.1, 0.15) is 0 Å². The summed E-state index contributed by atoms with van der Waals surface area (Å²) < 4.78 is 0. The van der Waals surface area contributed by atoms with E-state index in [2.05, 4.69) is 16.9 Å². The average molecular weight is 175 g/mol. The Morgan fingerprint density at radius 2 is 2.15 bits per heavy atom. The van der Waals surface area contributed by atoms with E-state index in [0.717, 1.165) is 25.0 Å². The zero-order valence-corrected chi connectivity index (χ0v) is 8.03. The zero-order valence-electron chi connectivity index (χ0n) is 8.03. The van der Waals surface area contributed by atoms with Crippen LogP contribution in [0.4, 0.5) is 0 Å². The van der Waals surface area contributed by atoms with Gasteiger partial charge in [-0.2, -0.15) is 0 Å². The second-order valence-electron chi connectivity index (χ2n) is 2.86. The second-order valence-corrected chi connectivity index (χ2v) is 2.86. The molecule has 2 heteroatoms. The van der Waals surface area contributed by atoms with Crippen molar-refractivity contribution in [3.63, 3.8) is 0 Å². The summed E-state index contributed by atoms with van der Waals surface area (Å²) in [4.78, 5) is 8.23. The number of nitrogens with zero attached hydrogens (tertiary/aromatic N) is 2. The fourth-order valence-corrected chi connectivity index (χ4v) is 1.22. The molecule has 1 rings (SSSR count). The molecule has 0 bridgehead atoms. The smallest absolute Gasteiger partial charge is 0.0418 e. The maximum atomic E-state index is 4.26. The molecule has 0 spiro atoms. The highest BCUT2D eigenvalue weighted by Crippen LogP contribution is 2.06. The fourth-order valence-electron chi connectivity index (χ4n) is 1.22. The molecule has 0 aliphatic rings. The van der Waals surface area contributed by atoms with Crippen molar-refractivity contribution in [1.82, 2.24) is 4.98 Å². The summed E-state index contributed by atoms with van der Waals surface area (Å²) in [6.07, 6.45) is 6.65. The first-order valence-electron chi connectivity index (χ1n) is 4.53. The molecule has 2 nitrogen and oxygen atoms in total. The Labute approximate surface area is 79.7 Å². The van der Waals surface area contributed by atoms with Gasteiger partial charge in [-0.3, -0.25) is 9.98 Å². The van der Waals surface area contributed by atoms with Crippen molar-refractivity contribution in [3.05, 3.63) is 37.0 Å². The van der Waals surface area contributed by atoms with E-state index in [9.17, 15) is 0 Å². The summed E-state index contributed by atoms with van der Waals surface area (Å²) in [7, 11) is 1.83. The van der Waals surface area contributed by atoms with Crippen molar-refractivity contribution in [2.75, 3.05) is 7.05 Å². The number of aromatic nitrogens is 1. The third kappa shape index (κ3) is 2.98. The van der Waals surface area contributed by atoms with Crippen molar-refractivity contribution < 1.29 is 0 Å². The lowest BCUT2D eigenvalue weighted by molar-refractivity contribution is 0.889. The van der Waals surface area contributed by atoms with Gasteiger partial charge in [0.25, 0.3) is 0 Å². The van der Waals surface area contributed by atoms with Gasteiger partial charge in [0.15, 0.2) is 0 Å². The maximum Gasteiger partial charge on any atom is 0.0418 e. The number of rotatable bonds is 4. The van der Waals surface area contributed by atoms with E-state index in [-0.39, 0.29) is 0 Å². The molecule has 69 valence electrons. The molecule has 1 aromatic heterocycles. The van der Waals surface area contributed by atoms with Crippen molar-refractivity contribution in [3.8, 4) is 0 Å². The number of aliphatic imine (C=N–C) groups is 1. The Morgan fingerprint density at radius 1 is 1.46 bits per heavy atom. The van der Waals surface area contributed by atoms with Crippen molar-refractivity contribution >= 4 is 5.71 Å². The van der Waals surface area contributed by atoms with E-state index < -0.39 is 0 Å². The normalized spacial score (nSPS) is 11.7. The van der Waals surface area contributed by atoms with Crippen LogP contribution in [-0.2, 0) is 0 Å². The van der Waals surface area contributed by atoms with Crippen LogP contribution in [0, 0.1) is 6.92 Å². The minimum Gasteiger partial charge on any atom is -0.292 e. The third-order valence-electron chi connectivity index (χ3n) is 1.95. The molecular weight excluding hydrogens is 160 g/mol. The van der Waals surface area contributed by atoms with Crippen LogP contribution in [0.1, 0.15) is 24.8 Å². The van der Waals surface area contributed by atoms with Gasteiger partial charge < -0.3 is 0 Å². The van der Waals surface area contributed by atoms with E-state index >= 15 is 0 Å². The summed E-state index contributed by atoms with van der Waals surface area (Å²) in [5, 5.41) is 0. The molecule has 0 aromatic carbocycles. The highest BCUT2D eigenvalue weighted by atomic mass is 14.7. The molecule has 1 heterocycles. The summed E-state index contributed by atoms with van der Waals surface area (Å²) in [5.41, 5.74) is 2.32. The minimum atomic E-state index is 0.962. The average Bonchev–Trinajstić information content (AvgIpc) is 2.21. The van der Waals surface area contributed by atoms with Gasteiger partial charge in [-0.1, -0.05) is 13.3 Å². The molecule has 0 N–H and O–H groups in total. The topological polar surface area (TPSA) is 25.2 Å². The van der Waals surface area contributed by atoms with Gasteiger partial charge in [0, 0.05) is 25.2 Å². The molecule has 0 aliphatic carbocycles. The van der Waals surface area contributed by atoms with Gasteiger partial charge >= 0.3 is 0 Å². The Morgan fingerprint density at radius 3 is 2.69 bits per heavy atom. The van der Waals surface area contributed by atoms with Crippen LogP contribution in [-0.4, -0.2) is 17.7 Å². The first kappa shape index (κ1) is 9.90. The highest BCUT2D eigenvalue weighted by Gasteiger charge is 2.00. The molecule has 1 radical (unpaired) electrons. The summed E-state index contributed by atoms with van der Waals surface area (Å²) in [6, 6.07) is 3.98. The number of hydrogen-bond acceptors (Lipinski definition) is 2. The molecule has 0 amide bonds. The molecule has 0 aliphatic heterocycles. The van der Waals surface area contributed by atoms with E-state index in [1.54, 1.807) is 12.4 Å². The number of unbranched alkanes of at least 4 members (excludes halogenated alkanes) is 1. The summed E-state index contributed by atoms with van der Waals surface area (Å²) in [6.45, 7) is 3.82. The summed E-state index contributed by atoms with van der Waals surface area (Å²) >= 11 is 0. The quantitative estimate of drug-likeness (QED) is 0.645. The van der Waals surface area contributed by atoms with Crippen LogP contribution in [0.25, 0.3) is 0 Å². The Hall–Kier alpha value is -1.18. The lowest BCUT2D eigenvalue weighted by Gasteiger charge is -2.03. The van der Waals surface area contributed by atoms with Crippen molar-refractivity contribution in [2.24, 2.45) is 4.99 Å². The van der Waals surface area contributed by atoms with Crippen LogP contribution >= 0.6 is 0 Å². The number of hydrogen-bond donors (Lipinski definition) is 0. The molecule has 0 saturated heterocycles. The third-order valence-corrected chi connectivity index (χ3v) is 1.95. The van der Waals surface area contributed by atoms with Crippen LogP contribution < -0.4 is 0 Å². The van der Waals surface area contributed by atoms with Crippen LogP contribution in [0.15, 0.2) is 29.5 Å². The molecule has 13 heavy (non-hydrogen) atoms.